The number of nitrogens with zero attached hydrogens (tertiary/aromatic N) is 1. The molecular weight excluding hydrogens is 206 g/mol. The Hall–Kier alpha value is -1.10. The summed E-state index contributed by atoms with van der Waals surface area (Å²) in [6.07, 6.45) is 3.69. The van der Waals surface area contributed by atoms with Gasteiger partial charge in [0.1, 0.15) is 0 Å². The Morgan fingerprint density at radius 1 is 1.25 bits per heavy atom. The van der Waals surface area contributed by atoms with Gasteiger partial charge in [0, 0.05) is 26.2 Å². The largest absolute Gasteiger partial charge is 0.347 e. The van der Waals surface area contributed by atoms with Gasteiger partial charge in [-0.2, -0.15) is 0 Å². The summed E-state index contributed by atoms with van der Waals surface area (Å²) in [6, 6.07) is 0. The van der Waals surface area contributed by atoms with Crippen LogP contribution in [0, 0.1) is 11.8 Å². The Bertz CT molecular complexity index is 281. The van der Waals surface area contributed by atoms with Crippen LogP contribution in [0.5, 0.6) is 0 Å². The standard InChI is InChI=1S/C11H19N3O2/c12-4-5-13-10(15)11(16)14-6-8-2-1-3-9(8)7-14/h8-9H,1-7,12H2,(H,13,15). The molecule has 2 atom stereocenters. The van der Waals surface area contributed by atoms with E-state index < -0.39 is 5.91 Å². The van der Waals surface area contributed by atoms with E-state index in [9.17, 15) is 9.59 Å². The molecule has 90 valence electrons. The van der Waals surface area contributed by atoms with E-state index in [0.717, 1.165) is 13.1 Å². The minimum atomic E-state index is -0.509. The summed E-state index contributed by atoms with van der Waals surface area (Å²) in [5, 5.41) is 2.52. The Morgan fingerprint density at radius 2 is 1.88 bits per heavy atom. The van der Waals surface area contributed by atoms with Crippen molar-refractivity contribution in [1.82, 2.24) is 10.2 Å². The number of likely N-dealkylation sites (tertiary alicyclic amines) is 1. The summed E-state index contributed by atoms with van der Waals surface area (Å²) in [5.74, 6) is 0.366. The molecule has 1 saturated carbocycles. The highest BCUT2D eigenvalue weighted by Gasteiger charge is 2.39. The predicted octanol–water partition coefficient (Wildman–Crippen LogP) is -0.680. The molecule has 2 amide bonds. The molecule has 5 heteroatoms. The third-order valence-corrected chi connectivity index (χ3v) is 3.64. The van der Waals surface area contributed by atoms with Crippen molar-refractivity contribution in [2.75, 3.05) is 26.2 Å². The number of amides is 2. The number of nitrogens with two attached hydrogens (primary N) is 1. The van der Waals surface area contributed by atoms with Crippen LogP contribution < -0.4 is 11.1 Å². The smallest absolute Gasteiger partial charge is 0.311 e. The molecule has 16 heavy (non-hydrogen) atoms. The summed E-state index contributed by atoms with van der Waals surface area (Å²) in [4.78, 5) is 24.9. The normalized spacial score (nSPS) is 27.9. The lowest BCUT2D eigenvalue weighted by atomic mass is 10.0. The van der Waals surface area contributed by atoms with Crippen molar-refractivity contribution in [3.63, 3.8) is 0 Å². The first-order valence-electron chi connectivity index (χ1n) is 5.99. The molecule has 2 rings (SSSR count). The Balaban J connectivity index is 1.84. The van der Waals surface area contributed by atoms with Crippen molar-refractivity contribution in [1.29, 1.82) is 0 Å². The minimum absolute atomic E-state index is 0.365. The molecule has 0 aromatic rings. The molecule has 3 N–H and O–H groups in total. The fraction of sp³-hybridized carbons (Fsp3) is 0.818. The van der Waals surface area contributed by atoms with Gasteiger partial charge in [-0.1, -0.05) is 6.42 Å². The van der Waals surface area contributed by atoms with Gasteiger partial charge in [-0.15, -0.1) is 0 Å². The van der Waals surface area contributed by atoms with Gasteiger partial charge in [0.25, 0.3) is 0 Å². The van der Waals surface area contributed by atoms with Gasteiger partial charge in [0.2, 0.25) is 0 Å². The number of nitrogens with one attached hydrogen (secondary N) is 1. The van der Waals surface area contributed by atoms with Gasteiger partial charge >= 0.3 is 11.8 Å². The first kappa shape index (κ1) is 11.4. The van der Waals surface area contributed by atoms with E-state index in [1.807, 2.05) is 0 Å². The van der Waals surface area contributed by atoms with Crippen molar-refractivity contribution >= 4 is 11.8 Å². The average Bonchev–Trinajstić information content (AvgIpc) is 2.84. The van der Waals surface area contributed by atoms with E-state index in [-0.39, 0.29) is 5.91 Å². The van der Waals surface area contributed by atoms with Gasteiger partial charge in [0.05, 0.1) is 0 Å². The summed E-state index contributed by atoms with van der Waals surface area (Å²) in [5.41, 5.74) is 5.27. The van der Waals surface area contributed by atoms with Crippen molar-refractivity contribution in [2.24, 2.45) is 17.6 Å². The molecule has 1 aliphatic carbocycles. The molecule has 0 bridgehead atoms. The van der Waals surface area contributed by atoms with Crippen LogP contribution in [-0.2, 0) is 9.59 Å². The lowest BCUT2D eigenvalue weighted by molar-refractivity contribution is -0.145. The van der Waals surface area contributed by atoms with E-state index in [1.54, 1.807) is 4.90 Å². The molecule has 0 aromatic heterocycles. The van der Waals surface area contributed by atoms with Crippen LogP contribution in [0.15, 0.2) is 0 Å². The molecular formula is C11H19N3O2. The Kier molecular flexibility index (Phi) is 3.43. The van der Waals surface area contributed by atoms with Crippen molar-refractivity contribution < 1.29 is 9.59 Å². The van der Waals surface area contributed by atoms with E-state index >= 15 is 0 Å². The third-order valence-electron chi connectivity index (χ3n) is 3.64. The van der Waals surface area contributed by atoms with Crippen LogP contribution >= 0.6 is 0 Å². The van der Waals surface area contributed by atoms with E-state index in [1.165, 1.54) is 19.3 Å². The molecule has 1 saturated heterocycles. The van der Waals surface area contributed by atoms with Gasteiger partial charge in [-0.25, -0.2) is 0 Å². The highest BCUT2D eigenvalue weighted by atomic mass is 16.2. The predicted molar refractivity (Wildman–Crippen MR) is 59.5 cm³/mol. The number of carbonyl (C=O) groups excluding carboxylic acids is 2. The van der Waals surface area contributed by atoms with Gasteiger partial charge in [0.15, 0.2) is 0 Å². The number of fused-ring (bicyclic) bond motifs is 1. The van der Waals surface area contributed by atoms with Gasteiger partial charge in [-0.3, -0.25) is 9.59 Å². The number of hydrogen-bond donors (Lipinski definition) is 2. The molecule has 0 radical (unpaired) electrons. The summed E-state index contributed by atoms with van der Waals surface area (Å²) < 4.78 is 0. The number of carbonyl (C=O) groups is 2. The quantitative estimate of drug-likeness (QED) is 0.611. The molecule has 1 aliphatic heterocycles. The maximum Gasteiger partial charge on any atom is 0.311 e. The van der Waals surface area contributed by atoms with E-state index in [4.69, 9.17) is 5.73 Å². The van der Waals surface area contributed by atoms with E-state index in [0.29, 0.717) is 24.9 Å². The third kappa shape index (κ3) is 2.19. The zero-order valence-corrected chi connectivity index (χ0v) is 9.45. The molecule has 0 aromatic carbocycles. The molecule has 2 unspecified atom stereocenters. The lowest BCUT2D eigenvalue weighted by Crippen LogP contribution is -2.43. The van der Waals surface area contributed by atoms with Crippen LogP contribution in [0.3, 0.4) is 0 Å². The Labute approximate surface area is 95.3 Å². The topological polar surface area (TPSA) is 75.4 Å². The first-order valence-corrected chi connectivity index (χ1v) is 5.99. The first-order chi connectivity index (χ1) is 7.72. The van der Waals surface area contributed by atoms with Crippen LogP contribution in [0.4, 0.5) is 0 Å². The number of rotatable bonds is 2. The van der Waals surface area contributed by atoms with Crippen molar-refractivity contribution in [2.45, 2.75) is 19.3 Å². The van der Waals surface area contributed by atoms with E-state index in [2.05, 4.69) is 5.32 Å². The second-order valence-electron chi connectivity index (χ2n) is 4.71. The maximum absolute atomic E-state index is 11.8. The lowest BCUT2D eigenvalue weighted by Gasteiger charge is -2.16. The fourth-order valence-electron chi connectivity index (χ4n) is 2.81. The second kappa shape index (κ2) is 4.82. The van der Waals surface area contributed by atoms with Gasteiger partial charge in [-0.05, 0) is 24.7 Å². The van der Waals surface area contributed by atoms with Crippen LogP contribution in [0.2, 0.25) is 0 Å². The molecule has 1 heterocycles. The van der Waals surface area contributed by atoms with Crippen molar-refractivity contribution in [3.8, 4) is 0 Å². The zero-order valence-electron chi connectivity index (χ0n) is 9.45. The highest BCUT2D eigenvalue weighted by molar-refractivity contribution is 6.35. The monoisotopic (exact) mass is 225 g/mol. The minimum Gasteiger partial charge on any atom is -0.347 e. The Morgan fingerprint density at radius 3 is 2.44 bits per heavy atom. The summed E-state index contributed by atoms with van der Waals surface area (Å²) in [6.45, 7) is 2.26. The molecule has 5 nitrogen and oxygen atoms in total. The van der Waals surface area contributed by atoms with Crippen molar-refractivity contribution in [3.05, 3.63) is 0 Å². The summed E-state index contributed by atoms with van der Waals surface area (Å²) >= 11 is 0. The molecule has 0 spiro atoms. The zero-order chi connectivity index (χ0) is 11.5. The highest BCUT2D eigenvalue weighted by Crippen LogP contribution is 2.37. The SMILES string of the molecule is NCCNC(=O)C(=O)N1CC2CCCC2C1. The second-order valence-corrected chi connectivity index (χ2v) is 4.71. The van der Waals surface area contributed by atoms with Crippen LogP contribution in [0.25, 0.3) is 0 Å². The van der Waals surface area contributed by atoms with Crippen LogP contribution in [-0.4, -0.2) is 42.9 Å². The average molecular weight is 225 g/mol. The molecule has 2 aliphatic rings. The maximum atomic E-state index is 11.8. The fourth-order valence-corrected chi connectivity index (χ4v) is 2.81. The van der Waals surface area contributed by atoms with Crippen LogP contribution in [0.1, 0.15) is 19.3 Å². The molecule has 2 fully saturated rings. The summed E-state index contributed by atoms with van der Waals surface area (Å²) in [7, 11) is 0. The van der Waals surface area contributed by atoms with Gasteiger partial charge < -0.3 is 16.0 Å². The number of hydrogen-bond acceptors (Lipinski definition) is 3.